The van der Waals surface area contributed by atoms with E-state index >= 15 is 0 Å². The minimum Gasteiger partial charge on any atom is -0.445 e. The molecule has 1 aromatic heterocycles. The molecule has 1 saturated heterocycles. The van der Waals surface area contributed by atoms with Gasteiger partial charge in [0, 0.05) is 29.5 Å². The number of nitrogens with zero attached hydrogens (tertiary/aromatic N) is 4. The number of alkyl halides is 3. The fourth-order valence-corrected chi connectivity index (χ4v) is 5.46. The van der Waals surface area contributed by atoms with Gasteiger partial charge in [0.1, 0.15) is 6.61 Å². The van der Waals surface area contributed by atoms with Gasteiger partial charge in [0.05, 0.1) is 11.7 Å². The molecule has 3 aromatic carbocycles. The number of likely N-dealkylation sites (tertiary alicyclic amines) is 1. The van der Waals surface area contributed by atoms with Crippen molar-refractivity contribution in [3.05, 3.63) is 112 Å². The first-order valence-electron chi connectivity index (χ1n) is 13.9. The predicted molar refractivity (Wildman–Crippen MR) is 161 cm³/mol. The van der Waals surface area contributed by atoms with Gasteiger partial charge in [0.15, 0.2) is 5.82 Å². The first kappa shape index (κ1) is 31.0. The summed E-state index contributed by atoms with van der Waals surface area (Å²) in [6.07, 6.45) is -0.711. The molecule has 2 amide bonds. The third kappa shape index (κ3) is 7.73. The molecule has 12 heteroatoms. The summed E-state index contributed by atoms with van der Waals surface area (Å²) in [7, 11) is 0. The molecule has 1 aliphatic heterocycles. The van der Waals surface area contributed by atoms with E-state index < -0.39 is 18.2 Å². The van der Waals surface area contributed by atoms with Crippen LogP contribution in [0.3, 0.4) is 0 Å². The smallest absolute Gasteiger partial charge is 0.445 e. The second kappa shape index (κ2) is 13.9. The number of ether oxygens (including phenoxy) is 1. The van der Waals surface area contributed by atoms with E-state index in [1.54, 1.807) is 6.08 Å². The molecule has 0 N–H and O–H groups in total. The zero-order chi connectivity index (χ0) is 31.1. The van der Waals surface area contributed by atoms with Gasteiger partial charge in [-0.1, -0.05) is 78.0 Å². The van der Waals surface area contributed by atoms with Crippen molar-refractivity contribution in [2.24, 2.45) is 0 Å². The Morgan fingerprint density at radius 3 is 2.43 bits per heavy atom. The molecule has 2 heterocycles. The van der Waals surface area contributed by atoms with Crippen molar-refractivity contribution in [2.45, 2.75) is 38.1 Å². The summed E-state index contributed by atoms with van der Waals surface area (Å²) in [6, 6.07) is 22.9. The van der Waals surface area contributed by atoms with E-state index in [4.69, 9.17) is 9.26 Å². The summed E-state index contributed by atoms with van der Waals surface area (Å²) in [4.78, 5) is 31.8. The fourth-order valence-electron chi connectivity index (χ4n) is 4.87. The van der Waals surface area contributed by atoms with Gasteiger partial charge in [-0.15, -0.1) is 0 Å². The van der Waals surface area contributed by atoms with Gasteiger partial charge in [0.25, 0.3) is 5.89 Å². The molecule has 0 aliphatic carbocycles. The zero-order valence-electron chi connectivity index (χ0n) is 23.4. The predicted octanol–water partition coefficient (Wildman–Crippen LogP) is 7.34. The van der Waals surface area contributed by atoms with Crippen LogP contribution in [0.25, 0.3) is 11.5 Å². The van der Waals surface area contributed by atoms with E-state index in [-0.39, 0.29) is 35.2 Å². The largest absolute Gasteiger partial charge is 0.471 e. The fraction of sp³-hybridized carbons (Fsp3) is 0.250. The molecule has 4 aromatic rings. The number of carbonyl (C=O) groups is 2. The van der Waals surface area contributed by atoms with Crippen molar-refractivity contribution in [2.75, 3.05) is 18.0 Å². The number of rotatable bonds is 9. The molecule has 0 radical (unpaired) electrons. The van der Waals surface area contributed by atoms with Gasteiger partial charge < -0.3 is 14.2 Å². The number of aromatic nitrogens is 2. The van der Waals surface area contributed by atoms with Crippen LogP contribution >= 0.6 is 15.9 Å². The SMILES string of the molecule is O=C(OCc1ccccc1)N1CCCC1C=CCN(C(=O)C(F)(F)F)c1ccc(-c2nc(Cc3ccccc3)no2)cc1Br. The molecule has 1 unspecified atom stereocenters. The molecule has 0 spiro atoms. The number of benzene rings is 3. The maximum Gasteiger partial charge on any atom is 0.471 e. The molecule has 0 saturated carbocycles. The average molecular weight is 669 g/mol. The van der Waals surface area contributed by atoms with E-state index in [9.17, 15) is 22.8 Å². The number of halogens is 4. The Bertz CT molecular complexity index is 1610. The van der Waals surface area contributed by atoms with Crippen LogP contribution in [0.2, 0.25) is 0 Å². The minimum atomic E-state index is -5.11. The second-order valence-corrected chi connectivity index (χ2v) is 11.0. The van der Waals surface area contributed by atoms with Crippen LogP contribution in [0.4, 0.5) is 23.7 Å². The van der Waals surface area contributed by atoms with Crippen molar-refractivity contribution in [1.82, 2.24) is 15.0 Å². The van der Waals surface area contributed by atoms with Crippen LogP contribution in [0.1, 0.15) is 29.8 Å². The van der Waals surface area contributed by atoms with E-state index in [1.165, 1.54) is 29.2 Å². The van der Waals surface area contributed by atoms with Gasteiger partial charge in [-0.05, 0) is 58.1 Å². The Labute approximate surface area is 260 Å². The van der Waals surface area contributed by atoms with Gasteiger partial charge in [-0.3, -0.25) is 9.69 Å². The summed E-state index contributed by atoms with van der Waals surface area (Å²) >= 11 is 3.32. The Hall–Kier alpha value is -4.45. The van der Waals surface area contributed by atoms with Crippen molar-refractivity contribution in [3.8, 4) is 11.5 Å². The second-order valence-electron chi connectivity index (χ2n) is 10.1. The zero-order valence-corrected chi connectivity index (χ0v) is 25.0. The molecule has 1 fully saturated rings. The monoisotopic (exact) mass is 668 g/mol. The lowest BCUT2D eigenvalue weighted by Gasteiger charge is -2.25. The first-order valence-corrected chi connectivity index (χ1v) is 14.7. The van der Waals surface area contributed by atoms with E-state index in [2.05, 4.69) is 26.1 Å². The van der Waals surface area contributed by atoms with Crippen molar-refractivity contribution in [3.63, 3.8) is 0 Å². The molecule has 228 valence electrons. The van der Waals surface area contributed by atoms with Crippen molar-refractivity contribution in [1.29, 1.82) is 0 Å². The van der Waals surface area contributed by atoms with Gasteiger partial charge in [0.2, 0.25) is 0 Å². The average Bonchev–Trinajstić information content (AvgIpc) is 3.69. The van der Waals surface area contributed by atoms with Crippen LogP contribution in [-0.2, 0) is 22.6 Å². The quantitative estimate of drug-likeness (QED) is 0.173. The van der Waals surface area contributed by atoms with Crippen molar-refractivity contribution < 1.29 is 32.0 Å². The lowest BCUT2D eigenvalue weighted by molar-refractivity contribution is -0.170. The third-order valence-corrected chi connectivity index (χ3v) is 7.67. The Morgan fingerprint density at radius 2 is 1.75 bits per heavy atom. The molecular weight excluding hydrogens is 641 g/mol. The molecule has 1 atom stereocenters. The highest BCUT2D eigenvalue weighted by Gasteiger charge is 2.43. The Kier molecular flexibility index (Phi) is 9.78. The normalized spacial score (nSPS) is 15.1. The molecule has 8 nitrogen and oxygen atoms in total. The van der Waals surface area contributed by atoms with Crippen LogP contribution in [0, 0.1) is 0 Å². The summed E-state index contributed by atoms with van der Waals surface area (Å²) in [5, 5.41) is 4.00. The molecule has 0 bridgehead atoms. The number of anilines is 1. The molecular formula is C32H28BrF3N4O4. The summed E-state index contributed by atoms with van der Waals surface area (Å²) in [6.45, 7) is 0.202. The summed E-state index contributed by atoms with van der Waals surface area (Å²) in [5.74, 6) is -1.38. The number of amides is 2. The van der Waals surface area contributed by atoms with Gasteiger partial charge in [-0.2, -0.15) is 18.2 Å². The molecule has 5 rings (SSSR count). The highest BCUT2D eigenvalue weighted by atomic mass is 79.9. The molecule has 1 aliphatic rings. The Morgan fingerprint density at radius 1 is 1.05 bits per heavy atom. The maximum absolute atomic E-state index is 13.6. The van der Waals surface area contributed by atoms with Crippen LogP contribution in [0.15, 0.2) is 100 Å². The molecule has 44 heavy (non-hydrogen) atoms. The van der Waals surface area contributed by atoms with E-state index in [0.29, 0.717) is 35.7 Å². The number of carbonyl (C=O) groups excluding carboxylic acids is 2. The van der Waals surface area contributed by atoms with Gasteiger partial charge >= 0.3 is 18.2 Å². The first-order chi connectivity index (χ1) is 21.2. The Balaban J connectivity index is 1.28. The van der Waals surface area contributed by atoms with E-state index in [1.807, 2.05) is 60.7 Å². The highest BCUT2D eigenvalue weighted by molar-refractivity contribution is 9.10. The number of hydrogen-bond acceptors (Lipinski definition) is 6. The van der Waals surface area contributed by atoms with E-state index in [0.717, 1.165) is 17.5 Å². The maximum atomic E-state index is 13.6. The topological polar surface area (TPSA) is 88.8 Å². The summed E-state index contributed by atoms with van der Waals surface area (Å²) < 4.78 is 51.9. The lowest BCUT2D eigenvalue weighted by atomic mass is 10.1. The van der Waals surface area contributed by atoms with Crippen LogP contribution < -0.4 is 4.90 Å². The van der Waals surface area contributed by atoms with Gasteiger partial charge in [-0.25, -0.2) is 4.79 Å². The van der Waals surface area contributed by atoms with Crippen LogP contribution in [-0.4, -0.2) is 52.3 Å². The third-order valence-electron chi connectivity index (χ3n) is 7.03. The van der Waals surface area contributed by atoms with Crippen LogP contribution in [0.5, 0.6) is 0 Å². The minimum absolute atomic E-state index is 0.00954. The lowest BCUT2D eigenvalue weighted by Crippen LogP contribution is -2.41. The number of hydrogen-bond donors (Lipinski definition) is 0. The summed E-state index contributed by atoms with van der Waals surface area (Å²) in [5.41, 5.74) is 2.32. The highest BCUT2D eigenvalue weighted by Crippen LogP contribution is 2.34. The van der Waals surface area contributed by atoms with Crippen molar-refractivity contribution >= 4 is 33.6 Å². The standard InChI is InChI=1S/C32H28BrF3N4O4/c33-26-20-24(29-37-28(38-44-29)19-22-9-3-1-4-10-22)15-16-27(26)40(30(41)32(34,35)36)18-8-14-25-13-7-17-39(25)31(42)43-21-23-11-5-2-6-12-23/h1-6,8-12,14-16,20,25H,7,13,17-19,21H2.